The molecule has 2 rings (SSSR count). The standard InChI is InChI=1S/C14H20BrN3O/c1-3-16-13-12(15)14(18-9-17-13)19-8-11-7-5-4-6-10(11)2/h4-5,9-11H,3,6-8H2,1-2H3,(H,16,17,18). The van der Waals surface area contributed by atoms with Crippen molar-refractivity contribution in [2.45, 2.75) is 26.7 Å². The van der Waals surface area contributed by atoms with Crippen molar-refractivity contribution in [3.8, 4) is 5.88 Å². The topological polar surface area (TPSA) is 47.0 Å². The van der Waals surface area contributed by atoms with Crippen molar-refractivity contribution in [3.05, 3.63) is 23.0 Å². The molecule has 0 fully saturated rings. The number of nitrogens with zero attached hydrogens (tertiary/aromatic N) is 2. The van der Waals surface area contributed by atoms with Gasteiger partial charge in [0, 0.05) is 6.54 Å². The lowest BCUT2D eigenvalue weighted by atomic mass is 9.85. The Morgan fingerprint density at radius 3 is 2.89 bits per heavy atom. The minimum Gasteiger partial charge on any atom is -0.476 e. The summed E-state index contributed by atoms with van der Waals surface area (Å²) >= 11 is 3.50. The van der Waals surface area contributed by atoms with E-state index in [1.54, 1.807) is 0 Å². The third-order valence-electron chi connectivity index (χ3n) is 3.45. The van der Waals surface area contributed by atoms with Crippen molar-refractivity contribution in [2.24, 2.45) is 11.8 Å². The zero-order valence-corrected chi connectivity index (χ0v) is 13.0. The van der Waals surface area contributed by atoms with E-state index in [2.05, 4.69) is 50.3 Å². The molecule has 1 aromatic heterocycles. The smallest absolute Gasteiger partial charge is 0.233 e. The molecule has 5 heteroatoms. The molecular formula is C14H20BrN3O. The highest BCUT2D eigenvalue weighted by molar-refractivity contribution is 9.10. The third-order valence-corrected chi connectivity index (χ3v) is 4.17. The number of nitrogens with one attached hydrogen (secondary N) is 1. The molecule has 1 aromatic rings. The average Bonchev–Trinajstić information content (AvgIpc) is 2.42. The molecule has 0 spiro atoms. The van der Waals surface area contributed by atoms with Gasteiger partial charge in [0.05, 0.1) is 6.61 Å². The third kappa shape index (κ3) is 3.69. The van der Waals surface area contributed by atoms with Crippen LogP contribution in [0.25, 0.3) is 0 Å². The van der Waals surface area contributed by atoms with Crippen LogP contribution in [0.2, 0.25) is 0 Å². The van der Waals surface area contributed by atoms with Gasteiger partial charge in [0.25, 0.3) is 0 Å². The van der Waals surface area contributed by atoms with Crippen molar-refractivity contribution in [3.63, 3.8) is 0 Å². The van der Waals surface area contributed by atoms with E-state index in [1.165, 1.54) is 6.33 Å². The lowest BCUT2D eigenvalue weighted by Crippen LogP contribution is -2.21. The minimum atomic E-state index is 0.564. The van der Waals surface area contributed by atoms with E-state index in [9.17, 15) is 0 Å². The Hall–Kier alpha value is -1.10. The van der Waals surface area contributed by atoms with E-state index in [1.807, 2.05) is 6.92 Å². The molecule has 19 heavy (non-hydrogen) atoms. The maximum atomic E-state index is 5.86. The first kappa shape index (κ1) is 14.3. The summed E-state index contributed by atoms with van der Waals surface area (Å²) in [5.74, 6) is 2.63. The molecule has 0 saturated heterocycles. The van der Waals surface area contributed by atoms with E-state index >= 15 is 0 Å². The van der Waals surface area contributed by atoms with Crippen molar-refractivity contribution >= 4 is 21.7 Å². The fourth-order valence-electron chi connectivity index (χ4n) is 2.17. The monoisotopic (exact) mass is 325 g/mol. The molecular weight excluding hydrogens is 306 g/mol. The van der Waals surface area contributed by atoms with Crippen molar-refractivity contribution in [2.75, 3.05) is 18.5 Å². The van der Waals surface area contributed by atoms with Gasteiger partial charge >= 0.3 is 0 Å². The summed E-state index contributed by atoms with van der Waals surface area (Å²) < 4.78 is 6.66. The molecule has 104 valence electrons. The van der Waals surface area contributed by atoms with Crippen LogP contribution in [0.3, 0.4) is 0 Å². The van der Waals surface area contributed by atoms with Gasteiger partial charge in [-0.05, 0) is 47.5 Å². The summed E-state index contributed by atoms with van der Waals surface area (Å²) in [6.07, 6.45) is 8.26. The molecule has 0 bridgehead atoms. The molecule has 0 aliphatic heterocycles. The maximum Gasteiger partial charge on any atom is 0.233 e. The normalized spacial score (nSPS) is 22.3. The number of halogens is 1. The number of allylic oxidation sites excluding steroid dienone is 2. The number of ether oxygens (including phenoxy) is 1. The van der Waals surface area contributed by atoms with Crippen LogP contribution < -0.4 is 10.1 Å². The van der Waals surface area contributed by atoms with Crippen LogP contribution >= 0.6 is 15.9 Å². The van der Waals surface area contributed by atoms with Crippen LogP contribution in [0.15, 0.2) is 23.0 Å². The zero-order valence-electron chi connectivity index (χ0n) is 11.4. The predicted molar refractivity (Wildman–Crippen MR) is 80.4 cm³/mol. The summed E-state index contributed by atoms with van der Waals surface area (Å²) in [7, 11) is 0. The molecule has 2 atom stereocenters. The van der Waals surface area contributed by atoms with Gasteiger partial charge in [-0.15, -0.1) is 0 Å². The Morgan fingerprint density at radius 2 is 2.16 bits per heavy atom. The Bertz CT molecular complexity index is 450. The van der Waals surface area contributed by atoms with Crippen molar-refractivity contribution in [1.29, 1.82) is 0 Å². The number of rotatable bonds is 5. The summed E-state index contributed by atoms with van der Waals surface area (Å²) in [4.78, 5) is 8.37. The van der Waals surface area contributed by atoms with E-state index in [-0.39, 0.29) is 0 Å². The molecule has 2 unspecified atom stereocenters. The summed E-state index contributed by atoms with van der Waals surface area (Å²) in [5, 5.41) is 3.17. The van der Waals surface area contributed by atoms with Crippen LogP contribution in [0, 0.1) is 11.8 Å². The highest BCUT2D eigenvalue weighted by Gasteiger charge is 2.20. The van der Waals surface area contributed by atoms with E-state index in [0.29, 0.717) is 24.3 Å². The van der Waals surface area contributed by atoms with Crippen LogP contribution in [0.5, 0.6) is 5.88 Å². The number of aromatic nitrogens is 2. The molecule has 1 heterocycles. The first-order valence-corrected chi connectivity index (χ1v) is 7.53. The molecule has 0 aromatic carbocycles. The molecule has 0 saturated carbocycles. The largest absolute Gasteiger partial charge is 0.476 e. The average molecular weight is 326 g/mol. The van der Waals surface area contributed by atoms with Gasteiger partial charge in [0.1, 0.15) is 16.6 Å². The lowest BCUT2D eigenvalue weighted by molar-refractivity contribution is 0.191. The molecule has 1 aliphatic carbocycles. The summed E-state index contributed by atoms with van der Waals surface area (Å²) in [5.41, 5.74) is 0. The number of anilines is 1. The predicted octanol–water partition coefficient (Wildman–Crippen LogP) is 3.65. The summed E-state index contributed by atoms with van der Waals surface area (Å²) in [6, 6.07) is 0. The van der Waals surface area contributed by atoms with Gasteiger partial charge in [-0.3, -0.25) is 0 Å². The fraction of sp³-hybridized carbons (Fsp3) is 0.571. The Labute approximate surface area is 122 Å². The molecule has 0 amide bonds. The highest BCUT2D eigenvalue weighted by Crippen LogP contribution is 2.30. The first-order chi connectivity index (χ1) is 9.22. The summed E-state index contributed by atoms with van der Waals surface area (Å²) in [6.45, 7) is 5.83. The molecule has 0 radical (unpaired) electrons. The Morgan fingerprint density at radius 1 is 1.37 bits per heavy atom. The number of hydrogen-bond donors (Lipinski definition) is 1. The molecule has 1 aliphatic rings. The SMILES string of the molecule is CCNc1ncnc(OCC2CC=CCC2C)c1Br. The van der Waals surface area contributed by atoms with Gasteiger partial charge < -0.3 is 10.1 Å². The number of hydrogen-bond acceptors (Lipinski definition) is 4. The van der Waals surface area contributed by atoms with Crippen LogP contribution in [-0.2, 0) is 0 Å². The van der Waals surface area contributed by atoms with Gasteiger partial charge in [0.2, 0.25) is 5.88 Å². The fourth-order valence-corrected chi connectivity index (χ4v) is 2.63. The Kier molecular flexibility index (Phi) is 5.19. The molecule has 1 N–H and O–H groups in total. The van der Waals surface area contributed by atoms with Crippen LogP contribution in [0.1, 0.15) is 26.7 Å². The van der Waals surface area contributed by atoms with Crippen molar-refractivity contribution in [1.82, 2.24) is 9.97 Å². The van der Waals surface area contributed by atoms with Gasteiger partial charge in [-0.25, -0.2) is 9.97 Å². The van der Waals surface area contributed by atoms with E-state index in [0.717, 1.165) is 29.7 Å². The van der Waals surface area contributed by atoms with E-state index < -0.39 is 0 Å². The van der Waals surface area contributed by atoms with Gasteiger partial charge in [-0.1, -0.05) is 19.1 Å². The van der Waals surface area contributed by atoms with E-state index in [4.69, 9.17) is 4.74 Å². The minimum absolute atomic E-state index is 0.564. The maximum absolute atomic E-state index is 5.86. The molecule has 4 nitrogen and oxygen atoms in total. The van der Waals surface area contributed by atoms with Crippen molar-refractivity contribution < 1.29 is 4.74 Å². The Balaban J connectivity index is 1.99. The van der Waals surface area contributed by atoms with Crippen LogP contribution in [-0.4, -0.2) is 23.1 Å². The highest BCUT2D eigenvalue weighted by atomic mass is 79.9. The van der Waals surface area contributed by atoms with Crippen LogP contribution in [0.4, 0.5) is 5.82 Å². The lowest BCUT2D eigenvalue weighted by Gasteiger charge is -2.25. The second kappa shape index (κ2) is 6.89. The quantitative estimate of drug-likeness (QED) is 0.839. The first-order valence-electron chi connectivity index (χ1n) is 6.74. The second-order valence-electron chi connectivity index (χ2n) is 4.86. The van der Waals surface area contributed by atoms with Gasteiger partial charge in [-0.2, -0.15) is 0 Å². The second-order valence-corrected chi connectivity index (χ2v) is 5.66. The van der Waals surface area contributed by atoms with Gasteiger partial charge in [0.15, 0.2) is 0 Å². The zero-order chi connectivity index (χ0) is 13.7.